The zero-order valence-corrected chi connectivity index (χ0v) is 14.0. The number of hydrogen-bond donors (Lipinski definition) is 0. The van der Waals surface area contributed by atoms with Crippen LogP contribution in [0.2, 0.25) is 0 Å². The van der Waals surface area contributed by atoms with Crippen molar-refractivity contribution in [2.45, 2.75) is 69.1 Å². The van der Waals surface area contributed by atoms with Crippen molar-refractivity contribution < 1.29 is 9.53 Å². The highest BCUT2D eigenvalue weighted by molar-refractivity contribution is 5.90. The van der Waals surface area contributed by atoms with Gasteiger partial charge in [0.2, 0.25) is 0 Å². The Morgan fingerprint density at radius 3 is 3.04 bits per heavy atom. The molecule has 0 unspecified atom stereocenters. The molecule has 0 N–H and O–H groups in total. The molecule has 0 aromatic carbocycles. The molecule has 0 aromatic heterocycles. The van der Waals surface area contributed by atoms with Crippen LogP contribution in [0.5, 0.6) is 0 Å². The van der Waals surface area contributed by atoms with E-state index in [2.05, 4.69) is 28.9 Å². The van der Waals surface area contributed by atoms with Crippen molar-refractivity contribution in [3.8, 4) is 11.8 Å². The first-order valence-corrected chi connectivity index (χ1v) is 9.40. The topological polar surface area (TPSA) is 29.5 Å². The van der Waals surface area contributed by atoms with E-state index >= 15 is 0 Å². The zero-order chi connectivity index (χ0) is 16.1. The van der Waals surface area contributed by atoms with E-state index in [9.17, 15) is 4.79 Å². The molecule has 2 aliphatic carbocycles. The number of fused-ring (bicyclic) bond motifs is 3. The van der Waals surface area contributed by atoms with Gasteiger partial charge < -0.3 is 4.74 Å². The highest BCUT2D eigenvalue weighted by atomic mass is 16.6. The summed E-state index contributed by atoms with van der Waals surface area (Å²) in [6, 6.07) is 0.724. The molecule has 0 saturated carbocycles. The molecule has 0 amide bonds. The Morgan fingerprint density at radius 1 is 1.21 bits per heavy atom. The average molecular weight is 321 g/mol. The van der Waals surface area contributed by atoms with Crippen LogP contribution in [0.4, 0.5) is 0 Å². The summed E-state index contributed by atoms with van der Waals surface area (Å²) in [5, 5.41) is 0. The van der Waals surface area contributed by atoms with Crippen molar-refractivity contribution in [2.75, 3.05) is 6.54 Å². The molecule has 24 heavy (non-hydrogen) atoms. The lowest BCUT2D eigenvalue weighted by atomic mass is 9.77. The van der Waals surface area contributed by atoms with Gasteiger partial charge in [0, 0.05) is 29.7 Å². The van der Waals surface area contributed by atoms with Crippen molar-refractivity contribution in [3.05, 3.63) is 34.9 Å². The van der Waals surface area contributed by atoms with Crippen molar-refractivity contribution >= 4 is 5.97 Å². The second kappa shape index (κ2) is 5.36. The highest BCUT2D eigenvalue weighted by Gasteiger charge is 2.61. The third-order valence-electron chi connectivity index (χ3n) is 6.32. The summed E-state index contributed by atoms with van der Waals surface area (Å²) < 4.78 is 5.94. The molecule has 2 bridgehead atoms. The second-order valence-corrected chi connectivity index (χ2v) is 7.69. The summed E-state index contributed by atoms with van der Waals surface area (Å²) in [5.41, 5.74) is 2.94. The summed E-state index contributed by atoms with van der Waals surface area (Å²) >= 11 is 0. The maximum absolute atomic E-state index is 12.1. The van der Waals surface area contributed by atoms with Crippen LogP contribution in [-0.2, 0) is 9.53 Å². The van der Waals surface area contributed by atoms with E-state index in [0.29, 0.717) is 12.1 Å². The molecule has 5 aliphatic rings. The van der Waals surface area contributed by atoms with Crippen LogP contribution < -0.4 is 0 Å². The Balaban J connectivity index is 1.54. The number of rotatable bonds is 0. The van der Waals surface area contributed by atoms with Crippen LogP contribution in [-0.4, -0.2) is 35.1 Å². The standard InChI is InChI=1S/C21H23NO2/c23-20-13-18-16(10-9-15-6-2-1-3-7-15)12-17-14-21(18,24-20)19-8-4-5-11-22(17)19/h6,12-13,17,19H,1-5,7-8,11,14H2/t17-,19-,21+/m1/s1. The predicted octanol–water partition coefficient (Wildman–Crippen LogP) is 3.28. The number of ether oxygens (including phenoxy) is 1. The molecular formula is C21H23NO2. The first-order valence-electron chi connectivity index (χ1n) is 9.40. The third-order valence-corrected chi connectivity index (χ3v) is 6.32. The largest absolute Gasteiger partial charge is 0.449 e. The van der Waals surface area contributed by atoms with E-state index in [1.54, 1.807) is 6.08 Å². The quantitative estimate of drug-likeness (QED) is 0.506. The molecule has 3 heterocycles. The van der Waals surface area contributed by atoms with E-state index in [1.807, 2.05) is 0 Å². The lowest BCUT2D eigenvalue weighted by Gasteiger charge is -2.38. The van der Waals surface area contributed by atoms with Gasteiger partial charge in [0.25, 0.3) is 0 Å². The Morgan fingerprint density at radius 2 is 2.17 bits per heavy atom. The molecule has 0 aromatic rings. The van der Waals surface area contributed by atoms with Crippen molar-refractivity contribution in [2.24, 2.45) is 0 Å². The lowest BCUT2D eigenvalue weighted by molar-refractivity contribution is -0.148. The zero-order valence-electron chi connectivity index (χ0n) is 14.0. The van der Waals surface area contributed by atoms with Crippen LogP contribution in [0.3, 0.4) is 0 Å². The van der Waals surface area contributed by atoms with E-state index in [0.717, 1.165) is 43.4 Å². The smallest absolute Gasteiger partial charge is 0.332 e. The molecule has 5 rings (SSSR count). The number of carbonyl (C=O) groups is 1. The van der Waals surface area contributed by atoms with Gasteiger partial charge in [0.05, 0.1) is 6.04 Å². The first-order chi connectivity index (χ1) is 11.8. The molecule has 0 radical (unpaired) electrons. The minimum absolute atomic E-state index is 0.178. The predicted molar refractivity (Wildman–Crippen MR) is 92.1 cm³/mol. The van der Waals surface area contributed by atoms with Crippen molar-refractivity contribution in [3.63, 3.8) is 0 Å². The molecule has 2 fully saturated rings. The summed E-state index contributed by atoms with van der Waals surface area (Å²) in [7, 11) is 0. The minimum Gasteiger partial charge on any atom is -0.449 e. The number of nitrogens with zero attached hydrogens (tertiary/aromatic N) is 1. The Bertz CT molecular complexity index is 748. The van der Waals surface area contributed by atoms with Gasteiger partial charge in [0.15, 0.2) is 5.60 Å². The van der Waals surface area contributed by atoms with E-state index in [1.165, 1.54) is 31.3 Å². The fraction of sp³-hybridized carbons (Fsp3) is 0.571. The maximum atomic E-state index is 12.1. The molecule has 3 nitrogen and oxygen atoms in total. The maximum Gasteiger partial charge on any atom is 0.332 e. The first kappa shape index (κ1) is 14.5. The normalized spacial score (nSPS) is 37.3. The van der Waals surface area contributed by atoms with Crippen molar-refractivity contribution in [1.29, 1.82) is 0 Å². The summed E-state index contributed by atoms with van der Waals surface area (Å²) in [6.07, 6.45) is 15.6. The molecular weight excluding hydrogens is 298 g/mol. The van der Waals surface area contributed by atoms with Gasteiger partial charge in [-0.2, -0.15) is 0 Å². The molecule has 3 atom stereocenters. The van der Waals surface area contributed by atoms with Gasteiger partial charge in [-0.15, -0.1) is 0 Å². The average Bonchev–Trinajstić information content (AvgIpc) is 3.09. The fourth-order valence-electron chi connectivity index (χ4n) is 5.27. The Labute approximate surface area is 143 Å². The van der Waals surface area contributed by atoms with Crippen LogP contribution in [0.15, 0.2) is 34.9 Å². The molecule has 3 aliphatic heterocycles. The van der Waals surface area contributed by atoms with Crippen LogP contribution in [0.25, 0.3) is 0 Å². The summed E-state index contributed by atoms with van der Waals surface area (Å²) in [5.74, 6) is 6.61. The van der Waals surface area contributed by atoms with Crippen LogP contribution in [0, 0.1) is 11.8 Å². The van der Waals surface area contributed by atoms with Gasteiger partial charge in [0.1, 0.15) is 0 Å². The third kappa shape index (κ3) is 2.06. The van der Waals surface area contributed by atoms with E-state index in [4.69, 9.17) is 4.74 Å². The van der Waals surface area contributed by atoms with Gasteiger partial charge in [-0.3, -0.25) is 4.90 Å². The Kier molecular flexibility index (Phi) is 3.25. The van der Waals surface area contributed by atoms with Crippen LogP contribution >= 0.6 is 0 Å². The van der Waals surface area contributed by atoms with E-state index in [-0.39, 0.29) is 5.97 Å². The molecule has 1 spiro atoms. The van der Waals surface area contributed by atoms with E-state index < -0.39 is 5.60 Å². The number of piperidine rings is 1. The monoisotopic (exact) mass is 321 g/mol. The van der Waals surface area contributed by atoms with Gasteiger partial charge in [-0.1, -0.05) is 30.4 Å². The van der Waals surface area contributed by atoms with Gasteiger partial charge in [-0.05, 0) is 50.6 Å². The SMILES string of the molecule is O=C1C=C2C(C#CC3=CCCCC3)=C[C@@H]3C[C@@]2(O1)[C@H]1CCCCN31. The highest BCUT2D eigenvalue weighted by Crippen LogP contribution is 2.53. The summed E-state index contributed by atoms with van der Waals surface area (Å²) in [4.78, 5) is 14.7. The second-order valence-electron chi connectivity index (χ2n) is 7.69. The van der Waals surface area contributed by atoms with Gasteiger partial charge in [-0.25, -0.2) is 4.79 Å². The van der Waals surface area contributed by atoms with Crippen LogP contribution in [0.1, 0.15) is 51.4 Å². The molecule has 3 heteroatoms. The molecule has 2 saturated heterocycles. The molecule has 124 valence electrons. The Hall–Kier alpha value is -1.79. The van der Waals surface area contributed by atoms with Gasteiger partial charge >= 0.3 is 5.97 Å². The minimum atomic E-state index is -0.415. The lowest BCUT2D eigenvalue weighted by Crippen LogP contribution is -2.48. The van der Waals surface area contributed by atoms with Crippen molar-refractivity contribution in [1.82, 2.24) is 4.90 Å². The number of allylic oxidation sites excluding steroid dienone is 2. The summed E-state index contributed by atoms with van der Waals surface area (Å²) in [6.45, 7) is 1.12. The number of esters is 1. The fourth-order valence-corrected chi connectivity index (χ4v) is 5.27. The number of hydrogen-bond acceptors (Lipinski definition) is 3. The number of carbonyl (C=O) groups excluding carboxylic acids is 1.